The average molecular weight is 1460 g/mol. The van der Waals surface area contributed by atoms with Crippen LogP contribution in [0.15, 0.2) is 89.9 Å². The van der Waals surface area contributed by atoms with Gasteiger partial charge in [0.15, 0.2) is 5.71 Å². The number of allylic oxidation sites excluding steroid dienone is 6. The first-order valence-corrected chi connectivity index (χ1v) is 36.1. The molecule has 102 heavy (non-hydrogen) atoms. The van der Waals surface area contributed by atoms with Gasteiger partial charge in [0.2, 0.25) is 70.7 Å². The van der Waals surface area contributed by atoms with Crippen LogP contribution >= 0.6 is 11.8 Å². The van der Waals surface area contributed by atoms with Gasteiger partial charge in [0, 0.05) is 111 Å². The number of benzene rings is 2. The second kappa shape index (κ2) is 35.8. The number of hydrogen-bond acceptors (Lipinski definition) is 18. The SMILES string of the molecule is CCN1C(=CC=CC=CC2=[N+](CCCCCC(=O)NCCN3C(=O)CC(SC[C@H](NC(=O)[C@H](C)NC(=O)[C@H](C)NC(=O)[C@H](C)NC(=O)[C@@H](NC(=O)[C@H](Cc4cnc[nH]4)NC(=O)[C@H](CCC(=O)O)NC(C)=O)[C@@H](C)O)C(N)=O)C3=O)c3ccc(S(=O)(=O)O)cc3C2(C)C)C(C)(C)c2cc(C)ccc21. The van der Waals surface area contributed by atoms with Crippen molar-refractivity contribution in [3.05, 3.63) is 107 Å². The minimum absolute atomic E-state index is 0.0311. The summed E-state index contributed by atoms with van der Waals surface area (Å²) in [6.07, 6.45) is 11.8. The molecule has 31 nitrogen and oxygen atoms in total. The smallest absolute Gasteiger partial charge is 0.303 e. The maximum atomic E-state index is 13.7. The summed E-state index contributed by atoms with van der Waals surface area (Å²) in [5.41, 5.74) is 12.4. The predicted octanol–water partition coefficient (Wildman–Crippen LogP) is 1.14. The van der Waals surface area contributed by atoms with Crippen molar-refractivity contribution in [1.82, 2.24) is 57.4 Å². The number of nitrogens with one attached hydrogen (secondary N) is 9. The molecule has 14 N–H and O–H groups in total. The molecule has 0 bridgehead atoms. The van der Waals surface area contributed by atoms with Gasteiger partial charge >= 0.3 is 5.97 Å². The topological polar surface area (TPSA) is 460 Å². The van der Waals surface area contributed by atoms with Gasteiger partial charge in [0.05, 0.1) is 28.0 Å². The fourth-order valence-electron chi connectivity index (χ4n) is 12.1. The summed E-state index contributed by atoms with van der Waals surface area (Å²) >= 11 is 0.899. The number of carbonyl (C=O) groups is 12. The van der Waals surface area contributed by atoms with Gasteiger partial charge in [-0.25, -0.2) is 4.98 Å². The van der Waals surface area contributed by atoms with Gasteiger partial charge in [-0.1, -0.05) is 49.8 Å². The van der Waals surface area contributed by atoms with Gasteiger partial charge in [0.1, 0.15) is 48.8 Å². The number of hydrogen-bond donors (Lipinski definition) is 13. The number of likely N-dealkylation sites (tertiary alicyclic amines) is 1. The Kier molecular flexibility index (Phi) is 28.6. The van der Waals surface area contributed by atoms with Crippen molar-refractivity contribution in [3.8, 4) is 0 Å². The maximum absolute atomic E-state index is 13.7. The van der Waals surface area contributed by atoms with E-state index < -0.39 is 141 Å². The van der Waals surface area contributed by atoms with E-state index in [9.17, 15) is 75.6 Å². The van der Waals surface area contributed by atoms with Gasteiger partial charge in [-0.15, -0.1) is 11.8 Å². The van der Waals surface area contributed by atoms with Crippen LogP contribution < -0.4 is 53.2 Å². The molecular formula is C69H95N14O17S2+. The van der Waals surface area contributed by atoms with E-state index >= 15 is 0 Å². The largest absolute Gasteiger partial charge is 0.481 e. The second-order valence-electron chi connectivity index (χ2n) is 26.5. The molecule has 3 aliphatic heterocycles. The van der Waals surface area contributed by atoms with Crippen LogP contribution in [0, 0.1) is 6.92 Å². The molecule has 3 aliphatic rings. The molecule has 1 fully saturated rings. The number of aromatic amines is 1. The summed E-state index contributed by atoms with van der Waals surface area (Å²) in [6, 6.07) is 1.07. The van der Waals surface area contributed by atoms with Crippen molar-refractivity contribution >= 4 is 110 Å². The molecule has 33 heteroatoms. The summed E-state index contributed by atoms with van der Waals surface area (Å²) in [6.45, 7) is 19.9. The molecule has 1 aromatic heterocycles. The number of unbranched alkanes of at least 4 members (excludes halogenated alkanes) is 2. The Hall–Kier alpha value is -9.60. The van der Waals surface area contributed by atoms with Crippen LogP contribution in [0.4, 0.5) is 11.4 Å². The van der Waals surface area contributed by atoms with E-state index in [1.807, 2.05) is 38.2 Å². The van der Waals surface area contributed by atoms with Crippen LogP contribution in [-0.4, -0.2) is 205 Å². The third-order valence-corrected chi connectivity index (χ3v) is 19.9. The van der Waals surface area contributed by atoms with Crippen LogP contribution in [0.3, 0.4) is 0 Å². The normalized spacial score (nSPS) is 18.1. The fraction of sp³-hybridized carbons (Fsp3) is 0.507. The number of aliphatic hydroxyl groups excluding tert-OH is 1. The highest BCUT2D eigenvalue weighted by molar-refractivity contribution is 8.00. The van der Waals surface area contributed by atoms with Gasteiger partial charge < -0.3 is 68.4 Å². The average Bonchev–Trinajstić information content (AvgIpc) is 1.59. The number of carbonyl (C=O) groups excluding carboxylic acids is 11. The first-order chi connectivity index (χ1) is 47.9. The lowest BCUT2D eigenvalue weighted by molar-refractivity contribution is -0.438. The molecule has 0 aliphatic carbocycles. The van der Waals surface area contributed by atoms with Crippen molar-refractivity contribution in [3.63, 3.8) is 0 Å². The monoisotopic (exact) mass is 1460 g/mol. The lowest BCUT2D eigenvalue weighted by Crippen LogP contribution is -2.61. The number of carboxylic acid groups (broad SMARTS) is 1. The molecular weight excluding hydrogens is 1360 g/mol. The number of nitrogens with two attached hydrogens (primary N) is 1. The number of aryl methyl sites for hydroxylation is 1. The Bertz CT molecular complexity index is 3920. The number of thioether (sulfide) groups is 1. The molecule has 0 saturated carbocycles. The number of anilines is 1. The zero-order valence-corrected chi connectivity index (χ0v) is 60.8. The van der Waals surface area contributed by atoms with Crippen molar-refractivity contribution in [2.45, 2.75) is 197 Å². The molecule has 11 amide bonds. The summed E-state index contributed by atoms with van der Waals surface area (Å²) in [4.78, 5) is 165. The quantitative estimate of drug-likeness (QED) is 0.0127. The Morgan fingerprint density at radius 2 is 1.40 bits per heavy atom. The number of carboxylic acids is 1. The first-order valence-electron chi connectivity index (χ1n) is 33.6. The zero-order chi connectivity index (χ0) is 75.7. The molecule has 6 rings (SSSR count). The molecule has 554 valence electrons. The number of fused-ring (bicyclic) bond motifs is 2. The van der Waals surface area contributed by atoms with E-state index in [0.29, 0.717) is 31.5 Å². The van der Waals surface area contributed by atoms with Crippen LogP contribution in [0.25, 0.3) is 0 Å². The lowest BCUT2D eigenvalue weighted by Gasteiger charge is -2.27. The van der Waals surface area contributed by atoms with Crippen LogP contribution in [0.5, 0.6) is 0 Å². The third kappa shape index (κ3) is 21.5. The number of rotatable bonds is 37. The van der Waals surface area contributed by atoms with E-state index in [1.165, 1.54) is 67.9 Å². The minimum atomic E-state index is -4.48. The van der Waals surface area contributed by atoms with Crippen molar-refractivity contribution < 1.29 is 85.3 Å². The Labute approximate surface area is 596 Å². The number of imide groups is 1. The van der Waals surface area contributed by atoms with Crippen molar-refractivity contribution in [2.24, 2.45) is 5.73 Å². The number of nitrogens with zero attached hydrogens (tertiary/aromatic N) is 4. The summed E-state index contributed by atoms with van der Waals surface area (Å²) < 4.78 is 36.6. The highest BCUT2D eigenvalue weighted by Crippen LogP contribution is 2.48. The van der Waals surface area contributed by atoms with Crippen LogP contribution in [-0.2, 0) is 84.9 Å². The Morgan fingerprint density at radius 1 is 0.765 bits per heavy atom. The molecule has 0 spiro atoms. The lowest BCUT2D eigenvalue weighted by atomic mass is 9.81. The van der Waals surface area contributed by atoms with Gasteiger partial charge in [0.25, 0.3) is 10.1 Å². The van der Waals surface area contributed by atoms with E-state index in [4.69, 9.17) is 10.8 Å². The van der Waals surface area contributed by atoms with E-state index in [0.717, 1.165) is 54.0 Å². The highest BCUT2D eigenvalue weighted by Gasteiger charge is 2.46. The first kappa shape index (κ1) is 81.4. The summed E-state index contributed by atoms with van der Waals surface area (Å²) in [5.74, 6) is -10.2. The van der Waals surface area contributed by atoms with Crippen molar-refractivity contribution in [1.29, 1.82) is 0 Å². The van der Waals surface area contributed by atoms with E-state index in [2.05, 4.69) is 114 Å². The zero-order valence-electron chi connectivity index (χ0n) is 59.1. The van der Waals surface area contributed by atoms with Crippen LogP contribution in [0.2, 0.25) is 0 Å². The molecule has 2 aromatic carbocycles. The van der Waals surface area contributed by atoms with E-state index in [1.54, 1.807) is 6.07 Å². The van der Waals surface area contributed by atoms with Gasteiger partial charge in [-0.3, -0.25) is 67.0 Å². The van der Waals surface area contributed by atoms with Gasteiger partial charge in [-0.05, 0) is 104 Å². The third-order valence-electron chi connectivity index (χ3n) is 17.8. The second-order valence-corrected chi connectivity index (χ2v) is 29.1. The Morgan fingerprint density at radius 3 is 2.00 bits per heavy atom. The molecule has 3 aromatic rings. The number of aliphatic carboxylic acids is 1. The summed E-state index contributed by atoms with van der Waals surface area (Å²) in [5, 5.41) is 38.2. The number of aromatic nitrogens is 2. The fourth-order valence-corrected chi connectivity index (χ4v) is 13.8. The van der Waals surface area contributed by atoms with Crippen LogP contribution in [0.1, 0.15) is 137 Å². The standard InChI is InChI=1S/C69H94N14O17S2/c1-12-81-51-25-22-38(2)31-46(51)68(8,9)54(81)19-15-13-16-20-55-69(10,11)47-33-45(102(98,99)100)23-26-52(47)82(55)29-18-14-17-21-56(86)72-28-30-83-57(87)34-53(67(83)97)101-36-50(60(70)90)79-63(93)41(5)75-61(91)39(3)74-62(92)40(4)76-66(96)59(42(6)84)80-65(95)49(32-44-35-71-37-73-44)78-64(94)48(77-43(7)85)24-27-58(88)89/h13,15-16,19-20,22-23,25-26,31,33,35,37,39-42,48-50,53,59,84H,12,14,17-18,21,24,27-30,32,34,36H2,1-11H3,(H12-,70,71,72,73,74,75,76,77,78,79,80,85,86,88,89,90,91,92,93,94,95,96,98,99,100)/p+1/t39-,40-,41-,42+,48-,49-,50-,53?,59-/m0/s1. The van der Waals surface area contributed by atoms with Gasteiger partial charge in [-0.2, -0.15) is 13.0 Å². The highest BCUT2D eigenvalue weighted by atomic mass is 32.2. The molecule has 9 atom stereocenters. The number of H-pyrrole nitrogens is 1. The molecule has 1 saturated heterocycles. The summed E-state index contributed by atoms with van der Waals surface area (Å²) in [7, 11) is -4.48. The molecule has 4 heterocycles. The number of primary amides is 1. The van der Waals surface area contributed by atoms with Crippen molar-refractivity contribution in [2.75, 3.05) is 36.8 Å². The predicted molar refractivity (Wildman–Crippen MR) is 378 cm³/mol. The Balaban J connectivity index is 0.933. The minimum Gasteiger partial charge on any atom is -0.481 e. The molecule has 1 unspecified atom stereocenters. The number of likely N-dealkylation sites (N-methyl/N-ethyl adjacent to an activating group) is 1. The molecule has 0 radical (unpaired) electrons. The number of amides is 11. The number of aliphatic hydroxyl groups is 1. The maximum Gasteiger partial charge on any atom is 0.303 e. The van der Waals surface area contributed by atoms with E-state index in [-0.39, 0.29) is 60.7 Å². The number of imidazole rings is 1.